The molecule has 3 heteroatoms. The van der Waals surface area contributed by atoms with E-state index in [1.165, 1.54) is 25.7 Å². The molecular weight excluding hydrogens is 202 g/mol. The maximum absolute atomic E-state index is 5.64. The molecule has 0 aromatic heterocycles. The van der Waals surface area contributed by atoms with E-state index >= 15 is 0 Å². The molecule has 0 aliphatic heterocycles. The van der Waals surface area contributed by atoms with Gasteiger partial charge in [-0.1, -0.05) is 26.7 Å². The lowest BCUT2D eigenvalue weighted by atomic mass is 10.3. The number of hydrogen-bond acceptors (Lipinski definition) is 3. The van der Waals surface area contributed by atoms with E-state index in [0.29, 0.717) is 13.2 Å². The Morgan fingerprint density at radius 1 is 0.812 bits per heavy atom. The van der Waals surface area contributed by atoms with Gasteiger partial charge >= 0.3 is 0 Å². The third-order valence-corrected chi connectivity index (χ3v) is 2.51. The Bertz CT molecular complexity index is 128. The summed E-state index contributed by atoms with van der Waals surface area (Å²) in [5, 5.41) is 0. The van der Waals surface area contributed by atoms with E-state index in [0.717, 1.165) is 13.1 Å². The zero-order chi connectivity index (χ0) is 12.2. The number of nitrogens with zero attached hydrogens (tertiary/aromatic N) is 1. The first-order valence-corrected chi connectivity index (χ1v) is 6.77. The quantitative estimate of drug-likeness (QED) is 0.510. The highest BCUT2D eigenvalue weighted by Gasteiger charge is 2.17. The molecule has 98 valence electrons. The molecule has 0 atom stereocenters. The smallest absolute Gasteiger partial charge is 0.218 e. The predicted molar refractivity (Wildman–Crippen MR) is 68.4 cm³/mol. The van der Waals surface area contributed by atoms with Crippen molar-refractivity contribution in [1.82, 2.24) is 4.90 Å². The first-order valence-electron chi connectivity index (χ1n) is 6.77. The van der Waals surface area contributed by atoms with Crippen molar-refractivity contribution in [2.75, 3.05) is 26.3 Å². The van der Waals surface area contributed by atoms with Crippen LogP contribution in [-0.4, -0.2) is 37.6 Å². The van der Waals surface area contributed by atoms with Gasteiger partial charge in [0, 0.05) is 26.3 Å². The average Bonchev–Trinajstić information content (AvgIpc) is 2.29. The molecule has 0 aromatic rings. The third-order valence-electron chi connectivity index (χ3n) is 2.51. The van der Waals surface area contributed by atoms with E-state index in [9.17, 15) is 0 Å². The molecule has 0 bridgehead atoms. The largest absolute Gasteiger partial charge is 0.340 e. The van der Waals surface area contributed by atoms with E-state index in [4.69, 9.17) is 9.47 Å². The van der Waals surface area contributed by atoms with Gasteiger partial charge in [0.05, 0.1) is 0 Å². The van der Waals surface area contributed by atoms with Crippen molar-refractivity contribution in [1.29, 1.82) is 0 Å². The van der Waals surface area contributed by atoms with E-state index in [1.54, 1.807) is 0 Å². The lowest BCUT2D eigenvalue weighted by molar-refractivity contribution is -0.220. The van der Waals surface area contributed by atoms with Crippen molar-refractivity contribution >= 4 is 0 Å². The normalized spacial score (nSPS) is 11.6. The Morgan fingerprint density at radius 2 is 1.25 bits per heavy atom. The summed E-state index contributed by atoms with van der Waals surface area (Å²) >= 11 is 0. The SMILES string of the molecule is CCCCN(CCCC)C(OCC)OCC. The number of unbranched alkanes of at least 4 members (excludes halogenated alkanes) is 2. The van der Waals surface area contributed by atoms with Crippen LogP contribution in [0.4, 0.5) is 0 Å². The molecule has 0 aliphatic rings. The lowest BCUT2D eigenvalue weighted by Crippen LogP contribution is -2.40. The van der Waals surface area contributed by atoms with Gasteiger partial charge in [-0.15, -0.1) is 0 Å². The topological polar surface area (TPSA) is 21.7 Å². The van der Waals surface area contributed by atoms with Crippen molar-refractivity contribution in [3.63, 3.8) is 0 Å². The van der Waals surface area contributed by atoms with Crippen molar-refractivity contribution in [2.45, 2.75) is 59.8 Å². The Balaban J connectivity index is 4.15. The maximum atomic E-state index is 5.64. The summed E-state index contributed by atoms with van der Waals surface area (Å²) in [6.07, 6.45) is 4.70. The van der Waals surface area contributed by atoms with Crippen LogP contribution < -0.4 is 0 Å². The molecule has 0 heterocycles. The summed E-state index contributed by atoms with van der Waals surface area (Å²) in [5.74, 6) is 0. The van der Waals surface area contributed by atoms with Crippen molar-refractivity contribution in [3.05, 3.63) is 0 Å². The second-order valence-corrected chi connectivity index (χ2v) is 3.96. The van der Waals surface area contributed by atoms with Crippen molar-refractivity contribution in [2.24, 2.45) is 0 Å². The van der Waals surface area contributed by atoms with Gasteiger partial charge in [-0.05, 0) is 26.7 Å². The number of rotatable bonds is 11. The molecule has 0 rings (SSSR count). The molecule has 0 unspecified atom stereocenters. The van der Waals surface area contributed by atoms with Gasteiger partial charge in [0.1, 0.15) is 0 Å². The zero-order valence-corrected chi connectivity index (χ0v) is 11.5. The van der Waals surface area contributed by atoms with E-state index in [-0.39, 0.29) is 6.41 Å². The zero-order valence-electron chi connectivity index (χ0n) is 11.5. The van der Waals surface area contributed by atoms with E-state index in [1.807, 2.05) is 13.8 Å². The molecule has 0 aromatic carbocycles. The van der Waals surface area contributed by atoms with Crippen LogP contribution in [0.5, 0.6) is 0 Å². The Kier molecular flexibility index (Phi) is 11.3. The van der Waals surface area contributed by atoms with Gasteiger partial charge in [-0.25, -0.2) is 0 Å². The Labute approximate surface area is 101 Å². The summed E-state index contributed by atoms with van der Waals surface area (Å²) < 4.78 is 11.3. The molecule has 3 nitrogen and oxygen atoms in total. The highest BCUT2D eigenvalue weighted by atomic mass is 16.7. The summed E-state index contributed by atoms with van der Waals surface area (Å²) in [6, 6.07) is 0. The average molecular weight is 231 g/mol. The first kappa shape index (κ1) is 15.9. The highest BCUT2D eigenvalue weighted by Crippen LogP contribution is 2.08. The fourth-order valence-corrected chi connectivity index (χ4v) is 1.59. The van der Waals surface area contributed by atoms with Crippen LogP contribution in [0.25, 0.3) is 0 Å². The minimum Gasteiger partial charge on any atom is -0.340 e. The van der Waals surface area contributed by atoms with Crippen LogP contribution in [0.3, 0.4) is 0 Å². The first-order chi connectivity index (χ1) is 7.79. The van der Waals surface area contributed by atoms with Crippen LogP contribution in [-0.2, 0) is 9.47 Å². The van der Waals surface area contributed by atoms with Crippen LogP contribution in [0, 0.1) is 0 Å². The molecule has 0 saturated heterocycles. The van der Waals surface area contributed by atoms with Gasteiger partial charge in [0.2, 0.25) is 6.41 Å². The standard InChI is InChI=1S/C13H29NO2/c1-5-9-11-14(12-10-6-2)13(15-7-3)16-8-4/h13H,5-12H2,1-4H3. The summed E-state index contributed by atoms with van der Waals surface area (Å²) in [4.78, 5) is 2.32. The summed E-state index contributed by atoms with van der Waals surface area (Å²) in [6.45, 7) is 12.0. The van der Waals surface area contributed by atoms with Gasteiger partial charge in [0.25, 0.3) is 0 Å². The summed E-state index contributed by atoms with van der Waals surface area (Å²) in [7, 11) is 0. The van der Waals surface area contributed by atoms with Gasteiger partial charge in [0.15, 0.2) is 0 Å². The molecular formula is C13H29NO2. The third kappa shape index (κ3) is 7.20. The molecule has 0 fully saturated rings. The lowest BCUT2D eigenvalue weighted by Gasteiger charge is -2.30. The maximum Gasteiger partial charge on any atom is 0.218 e. The molecule has 0 spiro atoms. The second-order valence-electron chi connectivity index (χ2n) is 3.96. The molecule has 16 heavy (non-hydrogen) atoms. The van der Waals surface area contributed by atoms with Gasteiger partial charge < -0.3 is 9.47 Å². The molecule has 0 amide bonds. The number of hydrogen-bond donors (Lipinski definition) is 0. The fraction of sp³-hybridized carbons (Fsp3) is 1.00. The molecule has 0 saturated carbocycles. The van der Waals surface area contributed by atoms with Crippen LogP contribution in [0.1, 0.15) is 53.4 Å². The van der Waals surface area contributed by atoms with Crippen LogP contribution in [0.2, 0.25) is 0 Å². The Hall–Kier alpha value is -0.120. The van der Waals surface area contributed by atoms with Gasteiger partial charge in [-0.2, -0.15) is 0 Å². The van der Waals surface area contributed by atoms with Crippen LogP contribution >= 0.6 is 0 Å². The minimum atomic E-state index is -0.145. The van der Waals surface area contributed by atoms with E-state index < -0.39 is 0 Å². The summed E-state index contributed by atoms with van der Waals surface area (Å²) in [5.41, 5.74) is 0. The molecule has 0 radical (unpaired) electrons. The predicted octanol–water partition coefficient (Wildman–Crippen LogP) is 3.25. The molecule has 0 N–H and O–H groups in total. The van der Waals surface area contributed by atoms with Crippen molar-refractivity contribution < 1.29 is 9.47 Å². The van der Waals surface area contributed by atoms with Gasteiger partial charge in [-0.3, -0.25) is 4.90 Å². The monoisotopic (exact) mass is 231 g/mol. The second kappa shape index (κ2) is 11.4. The number of ether oxygens (including phenoxy) is 2. The Morgan fingerprint density at radius 3 is 1.56 bits per heavy atom. The minimum absolute atomic E-state index is 0.145. The fourth-order valence-electron chi connectivity index (χ4n) is 1.59. The highest BCUT2D eigenvalue weighted by molar-refractivity contribution is 4.57. The van der Waals surface area contributed by atoms with Crippen LogP contribution in [0.15, 0.2) is 0 Å². The van der Waals surface area contributed by atoms with E-state index in [2.05, 4.69) is 18.7 Å². The van der Waals surface area contributed by atoms with Crippen molar-refractivity contribution in [3.8, 4) is 0 Å². The molecule has 0 aliphatic carbocycles.